The fraction of sp³-hybridized carbons (Fsp3) is 0.133. The van der Waals surface area contributed by atoms with Crippen LogP contribution in [0, 0.1) is 0 Å². The predicted octanol–water partition coefficient (Wildman–Crippen LogP) is 2.07. The van der Waals surface area contributed by atoms with E-state index >= 15 is 0 Å². The normalized spacial score (nSPS) is 10.6. The van der Waals surface area contributed by atoms with Crippen LogP contribution in [0.5, 0.6) is 0 Å². The Kier molecular flexibility index (Phi) is 3.27. The minimum Gasteiger partial charge on any atom is -0.354 e. The maximum Gasteiger partial charge on any atom is 0.273 e. The highest BCUT2D eigenvalue weighted by Gasteiger charge is 2.15. The molecule has 6 heteroatoms. The van der Waals surface area contributed by atoms with E-state index in [1.165, 1.54) is 0 Å². The number of benzene rings is 1. The monoisotopic (exact) mass is 281 g/mol. The average Bonchev–Trinajstić information content (AvgIpc) is 2.87. The molecule has 106 valence electrons. The first-order valence-corrected chi connectivity index (χ1v) is 6.55. The molecule has 2 aromatic heterocycles. The lowest BCUT2D eigenvalue weighted by Crippen LogP contribution is -2.19. The van der Waals surface area contributed by atoms with Crippen molar-refractivity contribution in [3.05, 3.63) is 48.4 Å². The number of carbonyl (C=O) groups is 1. The molecule has 0 spiro atoms. The molecule has 0 saturated heterocycles. The molecule has 0 aliphatic rings. The lowest BCUT2D eigenvalue weighted by molar-refractivity contribution is 0.0958. The van der Waals surface area contributed by atoms with Crippen LogP contribution in [-0.4, -0.2) is 27.7 Å². The van der Waals surface area contributed by atoms with Crippen molar-refractivity contribution in [2.45, 2.75) is 0 Å². The minimum absolute atomic E-state index is 0.230. The Labute approximate surface area is 121 Å². The van der Waals surface area contributed by atoms with Crippen LogP contribution in [0.15, 0.2) is 42.7 Å². The molecule has 0 aliphatic carbocycles. The van der Waals surface area contributed by atoms with Crippen molar-refractivity contribution in [3.8, 4) is 0 Å². The van der Waals surface area contributed by atoms with E-state index in [4.69, 9.17) is 0 Å². The van der Waals surface area contributed by atoms with Gasteiger partial charge in [0.15, 0.2) is 5.69 Å². The number of nitrogens with one attached hydrogen (secondary N) is 2. The van der Waals surface area contributed by atoms with Gasteiger partial charge in [0, 0.05) is 25.7 Å². The van der Waals surface area contributed by atoms with Gasteiger partial charge >= 0.3 is 0 Å². The maximum absolute atomic E-state index is 11.8. The molecule has 0 radical (unpaired) electrons. The topological polar surface area (TPSA) is 71.8 Å². The summed E-state index contributed by atoms with van der Waals surface area (Å²) in [6, 6.07) is 9.86. The van der Waals surface area contributed by atoms with Gasteiger partial charge in [0.05, 0.1) is 23.1 Å². The number of carbonyl (C=O) groups excluding carboxylic acids is 1. The number of pyridine rings is 1. The van der Waals surface area contributed by atoms with E-state index in [2.05, 4.69) is 20.7 Å². The Bertz CT molecular complexity index is 809. The van der Waals surface area contributed by atoms with Gasteiger partial charge in [0.25, 0.3) is 5.91 Å². The summed E-state index contributed by atoms with van der Waals surface area (Å²) in [5.74, 6) is -0.230. The van der Waals surface area contributed by atoms with Gasteiger partial charge in [-0.25, -0.2) is 0 Å². The van der Waals surface area contributed by atoms with Gasteiger partial charge in [-0.15, -0.1) is 0 Å². The van der Waals surface area contributed by atoms with Crippen molar-refractivity contribution >= 4 is 28.2 Å². The number of hydrogen-bond donors (Lipinski definition) is 2. The SMILES string of the molecule is CNC(=O)c1nn(C)cc1Nc1cnc2ccccc2c1. The van der Waals surface area contributed by atoms with Crippen LogP contribution in [0.2, 0.25) is 0 Å². The largest absolute Gasteiger partial charge is 0.354 e. The van der Waals surface area contributed by atoms with E-state index in [0.29, 0.717) is 11.4 Å². The smallest absolute Gasteiger partial charge is 0.273 e. The molecule has 0 aliphatic heterocycles. The fourth-order valence-corrected chi connectivity index (χ4v) is 2.16. The molecule has 0 atom stereocenters. The molecule has 3 aromatic rings. The Morgan fingerprint density at radius 3 is 2.90 bits per heavy atom. The van der Waals surface area contributed by atoms with Crippen molar-refractivity contribution in [3.63, 3.8) is 0 Å². The first kappa shape index (κ1) is 13.1. The number of anilines is 2. The standard InChI is InChI=1S/C15H15N5O/c1-16-15(21)14-13(9-20(2)19-14)18-11-7-10-5-3-4-6-12(10)17-8-11/h3-9,18H,1-2H3,(H,16,21). The molecule has 6 nitrogen and oxygen atoms in total. The number of fused-ring (bicyclic) bond motifs is 1. The number of rotatable bonds is 3. The zero-order chi connectivity index (χ0) is 14.8. The van der Waals surface area contributed by atoms with Gasteiger partial charge in [0.1, 0.15) is 0 Å². The Morgan fingerprint density at radius 1 is 1.29 bits per heavy atom. The van der Waals surface area contributed by atoms with E-state index < -0.39 is 0 Å². The first-order chi connectivity index (χ1) is 10.2. The lowest BCUT2D eigenvalue weighted by atomic mass is 10.2. The second kappa shape index (κ2) is 5.24. The fourth-order valence-electron chi connectivity index (χ4n) is 2.16. The molecular formula is C15H15N5O. The van der Waals surface area contributed by atoms with Crippen LogP contribution in [0.1, 0.15) is 10.5 Å². The summed E-state index contributed by atoms with van der Waals surface area (Å²) in [4.78, 5) is 16.2. The molecule has 0 fully saturated rings. The Balaban J connectivity index is 1.96. The number of hydrogen-bond acceptors (Lipinski definition) is 4. The summed E-state index contributed by atoms with van der Waals surface area (Å²) in [6.07, 6.45) is 3.50. The molecular weight excluding hydrogens is 266 g/mol. The summed E-state index contributed by atoms with van der Waals surface area (Å²) < 4.78 is 1.60. The van der Waals surface area contributed by atoms with Gasteiger partial charge < -0.3 is 10.6 Å². The van der Waals surface area contributed by atoms with Crippen molar-refractivity contribution in [2.75, 3.05) is 12.4 Å². The predicted molar refractivity (Wildman–Crippen MR) is 81.6 cm³/mol. The van der Waals surface area contributed by atoms with Gasteiger partial charge in [0.2, 0.25) is 0 Å². The van der Waals surface area contributed by atoms with Gasteiger partial charge in [-0.05, 0) is 12.1 Å². The van der Waals surface area contributed by atoms with E-state index in [-0.39, 0.29) is 5.91 Å². The molecule has 1 amide bonds. The van der Waals surface area contributed by atoms with Crippen LogP contribution in [0.4, 0.5) is 11.4 Å². The third kappa shape index (κ3) is 2.55. The molecule has 0 saturated carbocycles. The van der Waals surface area contributed by atoms with Gasteiger partial charge in [-0.3, -0.25) is 14.5 Å². The third-order valence-electron chi connectivity index (χ3n) is 3.14. The summed E-state index contributed by atoms with van der Waals surface area (Å²) in [7, 11) is 3.36. The second-order valence-corrected chi connectivity index (χ2v) is 4.69. The quantitative estimate of drug-likeness (QED) is 0.771. The van der Waals surface area contributed by atoms with Crippen molar-refractivity contribution in [1.29, 1.82) is 0 Å². The van der Waals surface area contributed by atoms with Crippen LogP contribution in [-0.2, 0) is 7.05 Å². The highest BCUT2D eigenvalue weighted by molar-refractivity contribution is 5.98. The number of amides is 1. The Hall–Kier alpha value is -2.89. The number of nitrogens with zero attached hydrogens (tertiary/aromatic N) is 3. The van der Waals surface area contributed by atoms with E-state index in [1.54, 1.807) is 31.2 Å². The molecule has 0 unspecified atom stereocenters. The number of para-hydroxylation sites is 1. The van der Waals surface area contributed by atoms with Crippen molar-refractivity contribution < 1.29 is 4.79 Å². The summed E-state index contributed by atoms with van der Waals surface area (Å²) in [5.41, 5.74) is 2.75. The summed E-state index contributed by atoms with van der Waals surface area (Å²) >= 11 is 0. The molecule has 1 aromatic carbocycles. The van der Waals surface area contributed by atoms with Crippen LogP contribution in [0.25, 0.3) is 10.9 Å². The average molecular weight is 281 g/mol. The van der Waals surface area contributed by atoms with Crippen LogP contribution in [0.3, 0.4) is 0 Å². The van der Waals surface area contributed by atoms with Crippen molar-refractivity contribution in [2.24, 2.45) is 7.05 Å². The number of aromatic nitrogens is 3. The highest BCUT2D eigenvalue weighted by Crippen LogP contribution is 2.22. The van der Waals surface area contributed by atoms with E-state index in [1.807, 2.05) is 30.3 Å². The first-order valence-electron chi connectivity index (χ1n) is 6.55. The number of aryl methyl sites for hydroxylation is 1. The van der Waals surface area contributed by atoms with Crippen LogP contribution < -0.4 is 10.6 Å². The zero-order valence-corrected chi connectivity index (χ0v) is 11.8. The molecule has 21 heavy (non-hydrogen) atoms. The molecule has 2 heterocycles. The van der Waals surface area contributed by atoms with E-state index in [9.17, 15) is 4.79 Å². The molecule has 2 N–H and O–H groups in total. The molecule has 0 bridgehead atoms. The third-order valence-corrected chi connectivity index (χ3v) is 3.14. The van der Waals surface area contributed by atoms with Gasteiger partial charge in [-0.1, -0.05) is 18.2 Å². The maximum atomic E-state index is 11.8. The summed E-state index contributed by atoms with van der Waals surface area (Å²) in [6.45, 7) is 0. The minimum atomic E-state index is -0.230. The summed E-state index contributed by atoms with van der Waals surface area (Å²) in [5, 5.41) is 11.0. The van der Waals surface area contributed by atoms with Crippen LogP contribution >= 0.6 is 0 Å². The van der Waals surface area contributed by atoms with Crippen molar-refractivity contribution in [1.82, 2.24) is 20.1 Å². The van der Waals surface area contributed by atoms with Gasteiger partial charge in [-0.2, -0.15) is 5.10 Å². The zero-order valence-electron chi connectivity index (χ0n) is 11.8. The second-order valence-electron chi connectivity index (χ2n) is 4.69. The van der Waals surface area contributed by atoms with E-state index in [0.717, 1.165) is 16.6 Å². The highest BCUT2D eigenvalue weighted by atomic mass is 16.1. The molecule has 3 rings (SSSR count). The lowest BCUT2D eigenvalue weighted by Gasteiger charge is -2.06. The Morgan fingerprint density at radius 2 is 2.10 bits per heavy atom.